The van der Waals surface area contributed by atoms with Gasteiger partial charge in [-0.15, -0.1) is 0 Å². The average Bonchev–Trinajstić information content (AvgIpc) is 2.81. The van der Waals surface area contributed by atoms with Crippen molar-refractivity contribution in [3.05, 3.63) is 48.5 Å². The van der Waals surface area contributed by atoms with Crippen LogP contribution in [0.1, 0.15) is 5.69 Å². The lowest BCUT2D eigenvalue weighted by Gasteiger charge is -2.00. The third-order valence-electron chi connectivity index (χ3n) is 2.51. The van der Waals surface area contributed by atoms with Gasteiger partial charge in [0.2, 0.25) is 0 Å². The molecule has 0 aliphatic carbocycles. The largest absolute Gasteiger partial charge is 0.390 e. The maximum absolute atomic E-state index is 9.01. The van der Waals surface area contributed by atoms with Crippen LogP contribution in [0.3, 0.4) is 0 Å². The van der Waals surface area contributed by atoms with E-state index in [0.717, 1.165) is 16.9 Å². The lowest BCUT2D eigenvalue weighted by Crippen LogP contribution is -1.92. The second-order valence-electron chi connectivity index (χ2n) is 3.65. The van der Waals surface area contributed by atoms with Crippen molar-refractivity contribution in [2.75, 3.05) is 0 Å². The summed E-state index contributed by atoms with van der Waals surface area (Å²) < 4.78 is 1.67. The Morgan fingerprint density at radius 3 is 2.71 bits per heavy atom. The molecule has 3 rings (SSSR count). The molecule has 0 spiro atoms. The predicted molar refractivity (Wildman–Crippen MR) is 62.1 cm³/mol. The summed E-state index contributed by atoms with van der Waals surface area (Å²) in [6.07, 6.45) is 5.18. The van der Waals surface area contributed by atoms with Crippen molar-refractivity contribution >= 4 is 5.65 Å². The monoisotopic (exact) mass is 226 g/mol. The quantitative estimate of drug-likeness (QED) is 0.715. The minimum absolute atomic E-state index is 0.0754. The van der Waals surface area contributed by atoms with Gasteiger partial charge in [-0.05, 0) is 24.3 Å². The first kappa shape index (κ1) is 9.92. The van der Waals surface area contributed by atoms with Crippen LogP contribution in [0.4, 0.5) is 0 Å². The molecule has 17 heavy (non-hydrogen) atoms. The Morgan fingerprint density at radius 2 is 1.94 bits per heavy atom. The molecule has 0 radical (unpaired) electrons. The first-order chi connectivity index (χ1) is 8.36. The third-order valence-corrected chi connectivity index (χ3v) is 2.51. The molecule has 0 aliphatic heterocycles. The van der Waals surface area contributed by atoms with Crippen molar-refractivity contribution in [3.8, 4) is 11.3 Å². The minimum atomic E-state index is -0.0754. The molecule has 0 saturated carbocycles. The van der Waals surface area contributed by atoms with Crippen LogP contribution in [0.25, 0.3) is 16.9 Å². The normalized spacial score (nSPS) is 10.9. The highest BCUT2D eigenvalue weighted by atomic mass is 16.3. The average molecular weight is 226 g/mol. The second kappa shape index (κ2) is 3.95. The molecule has 0 unspecified atom stereocenters. The third kappa shape index (κ3) is 1.76. The number of fused-ring (bicyclic) bond motifs is 1. The Labute approximate surface area is 97.4 Å². The van der Waals surface area contributed by atoms with Crippen molar-refractivity contribution in [2.24, 2.45) is 0 Å². The van der Waals surface area contributed by atoms with Gasteiger partial charge >= 0.3 is 0 Å². The molecule has 0 aromatic carbocycles. The van der Waals surface area contributed by atoms with Crippen LogP contribution in [-0.2, 0) is 6.61 Å². The molecule has 5 heteroatoms. The lowest BCUT2D eigenvalue weighted by molar-refractivity contribution is 0.277. The number of nitrogens with zero attached hydrogens (tertiary/aromatic N) is 4. The van der Waals surface area contributed by atoms with E-state index >= 15 is 0 Å². The van der Waals surface area contributed by atoms with Crippen LogP contribution >= 0.6 is 0 Å². The Bertz CT molecular complexity index is 648. The molecule has 0 amide bonds. The Morgan fingerprint density at radius 1 is 1.12 bits per heavy atom. The summed E-state index contributed by atoms with van der Waals surface area (Å²) in [7, 11) is 0. The number of hydrogen-bond donors (Lipinski definition) is 1. The SMILES string of the molecule is OCc1cn2nc(-c3ccncc3)ccc2n1. The van der Waals surface area contributed by atoms with Crippen molar-refractivity contribution in [2.45, 2.75) is 6.61 Å². The van der Waals surface area contributed by atoms with Gasteiger partial charge in [0, 0.05) is 18.0 Å². The van der Waals surface area contributed by atoms with Gasteiger partial charge in [-0.3, -0.25) is 4.98 Å². The maximum atomic E-state index is 9.01. The Kier molecular flexibility index (Phi) is 2.31. The zero-order valence-electron chi connectivity index (χ0n) is 8.98. The summed E-state index contributed by atoms with van der Waals surface area (Å²) in [6.45, 7) is -0.0754. The van der Waals surface area contributed by atoms with Gasteiger partial charge in [0.05, 0.1) is 24.2 Å². The van der Waals surface area contributed by atoms with E-state index in [9.17, 15) is 0 Å². The smallest absolute Gasteiger partial charge is 0.153 e. The molecule has 3 heterocycles. The molecule has 0 aliphatic rings. The van der Waals surface area contributed by atoms with Crippen molar-refractivity contribution in [3.63, 3.8) is 0 Å². The topological polar surface area (TPSA) is 63.3 Å². The van der Waals surface area contributed by atoms with Crippen molar-refractivity contribution in [1.29, 1.82) is 0 Å². The van der Waals surface area contributed by atoms with Crippen molar-refractivity contribution < 1.29 is 5.11 Å². The zero-order chi connectivity index (χ0) is 11.7. The number of imidazole rings is 1. The van der Waals surface area contributed by atoms with Gasteiger partial charge in [-0.1, -0.05) is 0 Å². The molecule has 84 valence electrons. The van der Waals surface area contributed by atoms with Crippen LogP contribution in [-0.4, -0.2) is 24.7 Å². The lowest BCUT2D eigenvalue weighted by atomic mass is 10.2. The van der Waals surface area contributed by atoms with E-state index in [2.05, 4.69) is 15.1 Å². The maximum Gasteiger partial charge on any atom is 0.153 e. The van der Waals surface area contributed by atoms with Crippen LogP contribution in [0.15, 0.2) is 42.9 Å². The summed E-state index contributed by atoms with van der Waals surface area (Å²) in [5.41, 5.74) is 3.19. The number of hydrogen-bond acceptors (Lipinski definition) is 4. The molecule has 0 saturated heterocycles. The molecule has 5 nitrogen and oxygen atoms in total. The number of rotatable bonds is 2. The van der Waals surface area contributed by atoms with Gasteiger partial charge in [0.25, 0.3) is 0 Å². The van der Waals surface area contributed by atoms with Gasteiger partial charge in [-0.25, -0.2) is 9.50 Å². The second-order valence-corrected chi connectivity index (χ2v) is 3.65. The zero-order valence-corrected chi connectivity index (χ0v) is 8.98. The fraction of sp³-hybridized carbons (Fsp3) is 0.0833. The minimum Gasteiger partial charge on any atom is -0.390 e. The summed E-state index contributed by atoms with van der Waals surface area (Å²) in [4.78, 5) is 8.17. The van der Waals surface area contributed by atoms with E-state index < -0.39 is 0 Å². The van der Waals surface area contributed by atoms with E-state index in [1.807, 2.05) is 24.3 Å². The molecular weight excluding hydrogens is 216 g/mol. The van der Waals surface area contributed by atoms with Gasteiger partial charge < -0.3 is 5.11 Å². The molecule has 0 fully saturated rings. The van der Waals surface area contributed by atoms with E-state index in [1.165, 1.54) is 0 Å². The van der Waals surface area contributed by atoms with Gasteiger partial charge in [0.15, 0.2) is 5.65 Å². The predicted octanol–water partition coefficient (Wildman–Crippen LogP) is 1.28. The van der Waals surface area contributed by atoms with E-state index in [1.54, 1.807) is 23.1 Å². The van der Waals surface area contributed by atoms with Gasteiger partial charge in [-0.2, -0.15) is 5.10 Å². The van der Waals surface area contributed by atoms with Crippen LogP contribution in [0.2, 0.25) is 0 Å². The fourth-order valence-electron chi connectivity index (χ4n) is 1.68. The molecule has 3 aromatic heterocycles. The first-order valence-corrected chi connectivity index (χ1v) is 5.23. The van der Waals surface area contributed by atoms with Crippen LogP contribution in [0, 0.1) is 0 Å². The summed E-state index contributed by atoms with van der Waals surface area (Å²) in [5, 5.41) is 13.4. The Hall–Kier alpha value is -2.27. The van der Waals surface area contributed by atoms with E-state index in [4.69, 9.17) is 5.11 Å². The van der Waals surface area contributed by atoms with E-state index in [-0.39, 0.29) is 6.61 Å². The summed E-state index contributed by atoms with van der Waals surface area (Å²) in [5.74, 6) is 0. The van der Waals surface area contributed by atoms with Crippen LogP contribution in [0.5, 0.6) is 0 Å². The number of aromatic nitrogens is 4. The molecule has 3 aromatic rings. The highest BCUT2D eigenvalue weighted by Gasteiger charge is 2.04. The molecule has 1 N–H and O–H groups in total. The molecule has 0 bridgehead atoms. The van der Waals surface area contributed by atoms with E-state index in [0.29, 0.717) is 5.69 Å². The van der Waals surface area contributed by atoms with Crippen molar-refractivity contribution in [1.82, 2.24) is 19.6 Å². The highest BCUT2D eigenvalue weighted by molar-refractivity contribution is 5.59. The summed E-state index contributed by atoms with van der Waals surface area (Å²) in [6, 6.07) is 7.58. The number of aliphatic hydroxyl groups is 1. The molecular formula is C12H10N4O. The highest BCUT2D eigenvalue weighted by Crippen LogP contribution is 2.16. The number of aliphatic hydroxyl groups excluding tert-OH is 1. The molecule has 0 atom stereocenters. The van der Waals surface area contributed by atoms with Gasteiger partial charge in [0.1, 0.15) is 0 Å². The first-order valence-electron chi connectivity index (χ1n) is 5.23. The van der Waals surface area contributed by atoms with Crippen LogP contribution < -0.4 is 0 Å². The standard InChI is InChI=1S/C12H10N4O/c17-8-10-7-16-12(14-10)2-1-11(15-16)9-3-5-13-6-4-9/h1-7,17H,8H2. The fourth-order valence-corrected chi connectivity index (χ4v) is 1.68. The Balaban J connectivity index is 2.13. The number of pyridine rings is 1. The summed E-state index contributed by atoms with van der Waals surface area (Å²) >= 11 is 0.